The van der Waals surface area contributed by atoms with E-state index >= 15 is 0 Å². The number of benzene rings is 2. The highest BCUT2D eigenvalue weighted by molar-refractivity contribution is 6.05. The molecule has 4 nitrogen and oxygen atoms in total. The molecule has 0 aliphatic heterocycles. The van der Waals surface area contributed by atoms with Gasteiger partial charge in [0, 0.05) is 23.4 Å². The van der Waals surface area contributed by atoms with Crippen LogP contribution in [0.2, 0.25) is 0 Å². The molecule has 0 bridgehead atoms. The summed E-state index contributed by atoms with van der Waals surface area (Å²) in [6.45, 7) is 0.787. The van der Waals surface area contributed by atoms with Crippen molar-refractivity contribution in [2.75, 3.05) is 12.4 Å². The molecule has 1 amide bonds. The predicted molar refractivity (Wildman–Crippen MR) is 79.0 cm³/mol. The lowest BCUT2D eigenvalue weighted by molar-refractivity contribution is 0.102. The van der Waals surface area contributed by atoms with Crippen molar-refractivity contribution in [2.24, 2.45) is 0 Å². The highest BCUT2D eigenvalue weighted by Gasteiger charge is 2.06. The molecule has 2 N–H and O–H groups in total. The van der Waals surface area contributed by atoms with E-state index in [1.807, 2.05) is 31.3 Å². The summed E-state index contributed by atoms with van der Waals surface area (Å²) in [5.41, 5.74) is 2.83. The van der Waals surface area contributed by atoms with Crippen molar-refractivity contribution in [3.8, 4) is 0 Å². The Labute approximate surface area is 117 Å². The molecule has 0 aliphatic rings. The largest absolute Gasteiger partial charge is 0.322 e. The van der Waals surface area contributed by atoms with Gasteiger partial charge in [-0.15, -0.1) is 0 Å². The molecule has 0 atom stereocenters. The Morgan fingerprint density at radius 3 is 2.55 bits per heavy atom. The minimum Gasteiger partial charge on any atom is -0.322 e. The van der Waals surface area contributed by atoms with Crippen LogP contribution >= 0.6 is 0 Å². The van der Waals surface area contributed by atoms with Crippen LogP contribution in [0.15, 0.2) is 48.5 Å². The van der Waals surface area contributed by atoms with Gasteiger partial charge in [-0.05, 0) is 36.9 Å². The van der Waals surface area contributed by atoms with Gasteiger partial charge in [0.2, 0.25) is 0 Å². The van der Waals surface area contributed by atoms with Crippen molar-refractivity contribution in [2.45, 2.75) is 6.54 Å². The number of carbonyl (C=O) groups excluding carboxylic acids is 2. The van der Waals surface area contributed by atoms with Crippen molar-refractivity contribution < 1.29 is 9.59 Å². The number of nitrogens with one attached hydrogen (secondary N) is 2. The topological polar surface area (TPSA) is 58.2 Å². The van der Waals surface area contributed by atoms with Gasteiger partial charge in [-0.25, -0.2) is 0 Å². The molecular weight excluding hydrogens is 252 g/mol. The van der Waals surface area contributed by atoms with E-state index < -0.39 is 0 Å². The third-order valence-corrected chi connectivity index (χ3v) is 2.88. The number of hydrogen-bond acceptors (Lipinski definition) is 3. The van der Waals surface area contributed by atoms with E-state index in [0.29, 0.717) is 11.1 Å². The van der Waals surface area contributed by atoms with E-state index in [0.717, 1.165) is 24.1 Å². The van der Waals surface area contributed by atoms with Crippen LogP contribution in [0.5, 0.6) is 0 Å². The summed E-state index contributed by atoms with van der Waals surface area (Å²) in [4.78, 5) is 22.8. The number of hydrogen-bond donors (Lipinski definition) is 2. The quantitative estimate of drug-likeness (QED) is 0.819. The zero-order valence-electron chi connectivity index (χ0n) is 11.2. The minimum absolute atomic E-state index is 0.227. The molecule has 0 aromatic heterocycles. The number of carbonyl (C=O) groups is 2. The molecule has 0 fully saturated rings. The first-order chi connectivity index (χ1) is 9.72. The molecule has 0 saturated heterocycles. The Hall–Kier alpha value is -2.46. The Bertz CT molecular complexity index is 606. The Morgan fingerprint density at radius 1 is 1.15 bits per heavy atom. The van der Waals surface area contributed by atoms with Crippen molar-refractivity contribution in [1.82, 2.24) is 5.32 Å². The molecule has 0 heterocycles. The third kappa shape index (κ3) is 3.52. The van der Waals surface area contributed by atoms with Crippen molar-refractivity contribution >= 4 is 17.9 Å². The predicted octanol–water partition coefficient (Wildman–Crippen LogP) is 2.47. The van der Waals surface area contributed by atoms with E-state index in [2.05, 4.69) is 10.6 Å². The smallest absolute Gasteiger partial charge is 0.255 e. The number of rotatable bonds is 5. The third-order valence-electron chi connectivity index (χ3n) is 2.88. The lowest BCUT2D eigenvalue weighted by Crippen LogP contribution is -2.12. The van der Waals surface area contributed by atoms with Crippen molar-refractivity contribution in [3.05, 3.63) is 65.2 Å². The second-order valence-electron chi connectivity index (χ2n) is 4.42. The van der Waals surface area contributed by atoms with Crippen LogP contribution in [0.3, 0.4) is 0 Å². The molecule has 0 saturated carbocycles. The highest BCUT2D eigenvalue weighted by atomic mass is 16.1. The summed E-state index contributed by atoms with van der Waals surface area (Å²) < 4.78 is 0. The summed E-state index contributed by atoms with van der Waals surface area (Å²) in [5.74, 6) is -0.227. The summed E-state index contributed by atoms with van der Waals surface area (Å²) in [6.07, 6.45) is 0.726. The van der Waals surface area contributed by atoms with E-state index in [4.69, 9.17) is 0 Å². The summed E-state index contributed by atoms with van der Waals surface area (Å²) >= 11 is 0. The summed E-state index contributed by atoms with van der Waals surface area (Å²) in [6, 6.07) is 14.2. The Kier molecular flexibility index (Phi) is 4.63. The van der Waals surface area contributed by atoms with Crippen molar-refractivity contribution in [3.63, 3.8) is 0 Å². The van der Waals surface area contributed by atoms with Crippen LogP contribution in [0.4, 0.5) is 5.69 Å². The lowest BCUT2D eigenvalue weighted by Gasteiger charge is -2.07. The summed E-state index contributed by atoms with van der Waals surface area (Å²) in [5, 5.41) is 5.87. The number of aldehydes is 1. The molecule has 0 spiro atoms. The standard InChI is InChI=1S/C16H16N2O2/c1-17-10-12-5-7-15(8-6-12)18-16(20)14-4-2-3-13(9-14)11-19/h2-9,11,17H,10H2,1H3,(H,18,20). The minimum atomic E-state index is -0.227. The van der Waals surface area contributed by atoms with Gasteiger partial charge in [0.05, 0.1) is 0 Å². The average molecular weight is 268 g/mol. The Balaban J connectivity index is 2.08. The number of anilines is 1. The maximum absolute atomic E-state index is 12.1. The molecule has 0 radical (unpaired) electrons. The molecule has 2 aromatic rings. The van der Waals surface area contributed by atoms with Crippen LogP contribution < -0.4 is 10.6 Å². The van der Waals surface area contributed by atoms with Crippen LogP contribution in [0, 0.1) is 0 Å². The molecule has 0 aliphatic carbocycles. The average Bonchev–Trinajstić information content (AvgIpc) is 2.49. The molecular formula is C16H16N2O2. The maximum Gasteiger partial charge on any atom is 0.255 e. The van der Waals surface area contributed by atoms with Crippen LogP contribution in [-0.2, 0) is 6.54 Å². The van der Waals surface area contributed by atoms with Crippen LogP contribution in [0.25, 0.3) is 0 Å². The highest BCUT2D eigenvalue weighted by Crippen LogP contribution is 2.12. The monoisotopic (exact) mass is 268 g/mol. The van der Waals surface area contributed by atoms with Gasteiger partial charge >= 0.3 is 0 Å². The zero-order chi connectivity index (χ0) is 14.4. The first-order valence-corrected chi connectivity index (χ1v) is 6.33. The first kappa shape index (κ1) is 14.0. The van der Waals surface area contributed by atoms with E-state index in [-0.39, 0.29) is 5.91 Å². The molecule has 4 heteroatoms. The zero-order valence-corrected chi connectivity index (χ0v) is 11.2. The van der Waals surface area contributed by atoms with Gasteiger partial charge in [0.1, 0.15) is 6.29 Å². The van der Waals surface area contributed by atoms with Crippen molar-refractivity contribution in [1.29, 1.82) is 0 Å². The van der Waals surface area contributed by atoms with E-state index in [9.17, 15) is 9.59 Å². The maximum atomic E-state index is 12.1. The van der Waals surface area contributed by atoms with Gasteiger partial charge in [0.25, 0.3) is 5.91 Å². The van der Waals surface area contributed by atoms with Gasteiger partial charge in [-0.3, -0.25) is 9.59 Å². The fourth-order valence-electron chi connectivity index (χ4n) is 1.87. The second kappa shape index (κ2) is 6.63. The SMILES string of the molecule is CNCc1ccc(NC(=O)c2cccc(C=O)c2)cc1. The van der Waals surface area contributed by atoms with E-state index in [1.54, 1.807) is 24.3 Å². The van der Waals surface area contributed by atoms with Gasteiger partial charge in [-0.2, -0.15) is 0 Å². The first-order valence-electron chi connectivity index (χ1n) is 6.33. The number of amides is 1. The normalized spacial score (nSPS) is 10.1. The molecule has 2 aromatic carbocycles. The molecule has 20 heavy (non-hydrogen) atoms. The fraction of sp³-hybridized carbons (Fsp3) is 0.125. The lowest BCUT2D eigenvalue weighted by atomic mass is 10.1. The second-order valence-corrected chi connectivity index (χ2v) is 4.42. The van der Waals surface area contributed by atoms with Gasteiger partial charge in [0.15, 0.2) is 0 Å². The fourth-order valence-corrected chi connectivity index (χ4v) is 1.87. The van der Waals surface area contributed by atoms with Gasteiger partial charge in [-0.1, -0.05) is 24.3 Å². The van der Waals surface area contributed by atoms with Crippen LogP contribution in [-0.4, -0.2) is 19.2 Å². The summed E-state index contributed by atoms with van der Waals surface area (Å²) in [7, 11) is 1.88. The molecule has 102 valence electrons. The molecule has 0 unspecified atom stereocenters. The van der Waals surface area contributed by atoms with Crippen LogP contribution in [0.1, 0.15) is 26.3 Å². The Morgan fingerprint density at radius 2 is 1.90 bits per heavy atom. The van der Waals surface area contributed by atoms with E-state index in [1.165, 1.54) is 0 Å². The van der Waals surface area contributed by atoms with Gasteiger partial charge < -0.3 is 10.6 Å². The molecule has 2 rings (SSSR count).